The summed E-state index contributed by atoms with van der Waals surface area (Å²) in [5.41, 5.74) is 1.81. The molecular formula is C23H20N4O5S2. The molecule has 0 aliphatic carbocycles. The van der Waals surface area contributed by atoms with Gasteiger partial charge >= 0.3 is 0 Å². The average molecular weight is 497 g/mol. The molecule has 0 radical (unpaired) electrons. The Morgan fingerprint density at radius 3 is 2.41 bits per heavy atom. The number of hydrogen-bond donors (Lipinski definition) is 3. The van der Waals surface area contributed by atoms with Crippen LogP contribution in [0.4, 0.5) is 16.5 Å². The van der Waals surface area contributed by atoms with E-state index < -0.39 is 15.9 Å². The van der Waals surface area contributed by atoms with Crippen molar-refractivity contribution in [3.63, 3.8) is 0 Å². The summed E-state index contributed by atoms with van der Waals surface area (Å²) in [7, 11) is -2.35. The first-order chi connectivity index (χ1) is 16.2. The van der Waals surface area contributed by atoms with Crippen LogP contribution in [0.15, 0.2) is 71.6 Å². The number of nitrogens with zero attached hydrogens (tertiary/aromatic N) is 1. The van der Waals surface area contributed by atoms with Gasteiger partial charge in [0.1, 0.15) is 5.75 Å². The van der Waals surface area contributed by atoms with Gasteiger partial charge in [0.05, 0.1) is 22.2 Å². The minimum absolute atomic E-state index is 0.0660. The van der Waals surface area contributed by atoms with Crippen molar-refractivity contribution in [3.05, 3.63) is 72.3 Å². The number of amides is 2. The molecule has 1 aromatic heterocycles. The van der Waals surface area contributed by atoms with E-state index in [1.807, 2.05) is 0 Å². The topological polar surface area (TPSA) is 126 Å². The van der Waals surface area contributed by atoms with Gasteiger partial charge in [0.15, 0.2) is 5.13 Å². The van der Waals surface area contributed by atoms with Gasteiger partial charge in [-0.15, -0.1) is 0 Å². The lowest BCUT2D eigenvalue weighted by Crippen LogP contribution is -2.15. The molecule has 34 heavy (non-hydrogen) atoms. The zero-order chi connectivity index (χ0) is 24.3. The van der Waals surface area contributed by atoms with E-state index in [1.54, 1.807) is 48.5 Å². The molecule has 2 amide bonds. The first kappa shape index (κ1) is 23.2. The number of sulfonamides is 1. The Bertz CT molecular complexity index is 1480. The molecule has 9 nitrogen and oxygen atoms in total. The first-order valence-electron chi connectivity index (χ1n) is 10.00. The van der Waals surface area contributed by atoms with Crippen LogP contribution in [0.25, 0.3) is 10.2 Å². The maximum absolute atomic E-state index is 12.8. The van der Waals surface area contributed by atoms with Crippen LogP contribution in [0.3, 0.4) is 0 Å². The van der Waals surface area contributed by atoms with Gasteiger partial charge in [0.25, 0.3) is 15.9 Å². The third-order valence-electron chi connectivity index (χ3n) is 4.68. The van der Waals surface area contributed by atoms with Crippen molar-refractivity contribution in [1.82, 2.24) is 4.98 Å². The quantitative estimate of drug-likeness (QED) is 0.350. The predicted molar refractivity (Wildman–Crippen MR) is 132 cm³/mol. The van der Waals surface area contributed by atoms with E-state index in [9.17, 15) is 18.0 Å². The van der Waals surface area contributed by atoms with Gasteiger partial charge in [0, 0.05) is 23.9 Å². The van der Waals surface area contributed by atoms with E-state index >= 15 is 0 Å². The van der Waals surface area contributed by atoms with Gasteiger partial charge in [-0.25, -0.2) is 13.4 Å². The lowest BCUT2D eigenvalue weighted by Gasteiger charge is -2.10. The van der Waals surface area contributed by atoms with E-state index in [-0.39, 0.29) is 22.1 Å². The lowest BCUT2D eigenvalue weighted by molar-refractivity contribution is -0.114. The fourth-order valence-electron chi connectivity index (χ4n) is 3.12. The molecule has 0 saturated carbocycles. The van der Waals surface area contributed by atoms with Crippen molar-refractivity contribution in [2.45, 2.75) is 11.8 Å². The molecule has 4 aromatic rings. The molecule has 0 unspecified atom stereocenters. The van der Waals surface area contributed by atoms with Crippen molar-refractivity contribution in [2.75, 3.05) is 22.5 Å². The smallest absolute Gasteiger partial charge is 0.261 e. The van der Waals surface area contributed by atoms with Gasteiger partial charge in [-0.2, -0.15) is 0 Å². The molecule has 11 heteroatoms. The molecule has 0 aliphatic heterocycles. The maximum Gasteiger partial charge on any atom is 0.261 e. The molecule has 0 aliphatic rings. The van der Waals surface area contributed by atoms with E-state index in [1.165, 1.54) is 43.6 Å². The second kappa shape index (κ2) is 9.49. The van der Waals surface area contributed by atoms with Crippen molar-refractivity contribution in [3.8, 4) is 5.75 Å². The number of methoxy groups -OCH3 is 1. The molecule has 174 valence electrons. The van der Waals surface area contributed by atoms with E-state index in [0.717, 1.165) is 4.70 Å². The molecule has 3 N–H and O–H groups in total. The number of nitrogens with one attached hydrogen (secondary N) is 3. The highest BCUT2D eigenvalue weighted by Crippen LogP contribution is 2.29. The fraction of sp³-hybridized carbons (Fsp3) is 0.0870. The number of rotatable bonds is 7. The summed E-state index contributed by atoms with van der Waals surface area (Å²) in [6.45, 7) is 1.42. The molecule has 0 spiro atoms. The number of hydrogen-bond acceptors (Lipinski definition) is 7. The molecule has 0 atom stereocenters. The van der Waals surface area contributed by atoms with Crippen LogP contribution in [-0.4, -0.2) is 32.3 Å². The number of benzene rings is 3. The third-order valence-corrected chi connectivity index (χ3v) is 7.01. The average Bonchev–Trinajstić information content (AvgIpc) is 3.20. The highest BCUT2D eigenvalue weighted by Gasteiger charge is 2.16. The summed E-state index contributed by atoms with van der Waals surface area (Å²) >= 11 is 1.26. The molecule has 4 rings (SSSR count). The van der Waals surface area contributed by atoms with Crippen LogP contribution in [0.1, 0.15) is 17.3 Å². The highest BCUT2D eigenvalue weighted by atomic mass is 32.2. The van der Waals surface area contributed by atoms with Gasteiger partial charge in [-0.05, 0) is 60.7 Å². The van der Waals surface area contributed by atoms with E-state index in [4.69, 9.17) is 4.74 Å². The normalized spacial score (nSPS) is 11.1. The number of fused-ring (bicyclic) bond motifs is 1. The number of carbonyl (C=O) groups excluding carboxylic acids is 2. The summed E-state index contributed by atoms with van der Waals surface area (Å²) in [6.07, 6.45) is 0. The zero-order valence-electron chi connectivity index (χ0n) is 18.2. The first-order valence-corrected chi connectivity index (χ1v) is 12.3. The minimum atomic E-state index is -3.85. The van der Waals surface area contributed by atoms with Gasteiger partial charge in [-0.3, -0.25) is 19.6 Å². The van der Waals surface area contributed by atoms with Crippen molar-refractivity contribution >= 4 is 59.9 Å². The Hall–Kier alpha value is -3.96. The van der Waals surface area contributed by atoms with Gasteiger partial charge in [-0.1, -0.05) is 17.4 Å². The van der Waals surface area contributed by atoms with Gasteiger partial charge < -0.3 is 10.1 Å². The summed E-state index contributed by atoms with van der Waals surface area (Å²) in [5, 5.41) is 5.82. The van der Waals surface area contributed by atoms with Crippen LogP contribution in [0.2, 0.25) is 0 Å². The summed E-state index contributed by atoms with van der Waals surface area (Å²) in [6, 6.07) is 17.4. The molecule has 3 aromatic carbocycles. The summed E-state index contributed by atoms with van der Waals surface area (Å²) in [5.74, 6) is -0.0784. The second-order valence-corrected chi connectivity index (χ2v) is 9.91. The largest absolute Gasteiger partial charge is 0.497 e. The van der Waals surface area contributed by atoms with Crippen LogP contribution in [0, 0.1) is 0 Å². The molecular weight excluding hydrogens is 476 g/mol. The minimum Gasteiger partial charge on any atom is -0.497 e. The van der Waals surface area contributed by atoms with Crippen molar-refractivity contribution in [2.24, 2.45) is 0 Å². The van der Waals surface area contributed by atoms with Crippen molar-refractivity contribution < 1.29 is 22.7 Å². The Labute approximate surface area is 199 Å². The van der Waals surface area contributed by atoms with Crippen molar-refractivity contribution in [1.29, 1.82) is 0 Å². The predicted octanol–water partition coefficient (Wildman–Crippen LogP) is 4.32. The maximum atomic E-state index is 12.8. The van der Waals surface area contributed by atoms with Crippen LogP contribution < -0.4 is 20.1 Å². The number of anilines is 3. The zero-order valence-corrected chi connectivity index (χ0v) is 19.8. The Balaban J connectivity index is 1.49. The third kappa shape index (κ3) is 5.33. The number of aromatic nitrogens is 1. The highest BCUT2D eigenvalue weighted by molar-refractivity contribution is 7.92. The standard InChI is InChI=1S/C23H20N4O5S2/c1-14(28)24-16-6-11-20-21(13-16)33-23(25-20)26-22(29)15-4-3-5-17(12-15)27-34(30,31)19-9-7-18(32-2)8-10-19/h3-13,27H,1-2H3,(H,24,28)(H,25,26,29). The Kier molecular flexibility index (Phi) is 6.48. The SMILES string of the molecule is COc1ccc(S(=O)(=O)Nc2cccc(C(=O)Nc3nc4ccc(NC(C)=O)cc4s3)c2)cc1. The fourth-order valence-corrected chi connectivity index (χ4v) is 5.07. The summed E-state index contributed by atoms with van der Waals surface area (Å²) in [4.78, 5) is 28.5. The van der Waals surface area contributed by atoms with Crippen LogP contribution >= 0.6 is 11.3 Å². The van der Waals surface area contributed by atoms with E-state index in [0.29, 0.717) is 22.1 Å². The summed E-state index contributed by atoms with van der Waals surface area (Å²) < 4.78 is 33.7. The Morgan fingerprint density at radius 1 is 0.941 bits per heavy atom. The van der Waals surface area contributed by atoms with Gasteiger partial charge in [0.2, 0.25) is 5.91 Å². The lowest BCUT2D eigenvalue weighted by atomic mass is 10.2. The molecule has 1 heterocycles. The number of carbonyl (C=O) groups is 2. The second-order valence-electron chi connectivity index (χ2n) is 7.20. The monoisotopic (exact) mass is 496 g/mol. The molecule has 0 saturated heterocycles. The Morgan fingerprint density at radius 2 is 1.71 bits per heavy atom. The molecule has 0 bridgehead atoms. The number of thiazole rings is 1. The molecule has 0 fully saturated rings. The van der Waals surface area contributed by atoms with Crippen LogP contribution in [0.5, 0.6) is 5.75 Å². The number of ether oxygens (including phenoxy) is 1. The van der Waals surface area contributed by atoms with Crippen LogP contribution in [-0.2, 0) is 14.8 Å². The van der Waals surface area contributed by atoms with E-state index in [2.05, 4.69) is 20.3 Å².